The number of aliphatic hydroxyl groups is 1. The third-order valence-corrected chi connectivity index (χ3v) is 2.46. The first-order chi connectivity index (χ1) is 7.71. The summed E-state index contributed by atoms with van der Waals surface area (Å²) < 4.78 is 9.79. The lowest BCUT2D eigenvalue weighted by Gasteiger charge is -2.28. The van der Waals surface area contributed by atoms with E-state index in [-0.39, 0.29) is 13.0 Å². The Morgan fingerprint density at radius 1 is 1.35 bits per heavy atom. The number of rotatable bonds is 2. The number of methoxy groups -OCH3 is 1. The fourth-order valence-corrected chi connectivity index (χ4v) is 1.72. The summed E-state index contributed by atoms with van der Waals surface area (Å²) in [6.07, 6.45) is -0.796. The smallest absolute Gasteiger partial charge is 0.338 e. The zero-order valence-corrected chi connectivity index (χ0v) is 10.6. The van der Waals surface area contributed by atoms with Crippen molar-refractivity contribution in [3.8, 4) is 0 Å². The minimum Gasteiger partial charge on any atom is -0.467 e. The lowest BCUT2D eigenvalue weighted by atomic mass is 9.96. The van der Waals surface area contributed by atoms with E-state index in [1.807, 2.05) is 0 Å². The molecule has 0 radical (unpaired) electrons. The molecular formula is C11H19NO5. The zero-order chi connectivity index (χ0) is 13.3. The van der Waals surface area contributed by atoms with Crippen LogP contribution in [0, 0.1) is 0 Å². The van der Waals surface area contributed by atoms with Crippen LogP contribution in [0.5, 0.6) is 0 Å². The van der Waals surface area contributed by atoms with E-state index in [0.717, 1.165) is 0 Å². The van der Waals surface area contributed by atoms with Crippen LogP contribution in [0.4, 0.5) is 0 Å². The van der Waals surface area contributed by atoms with Crippen molar-refractivity contribution in [2.75, 3.05) is 13.7 Å². The van der Waals surface area contributed by atoms with Crippen LogP contribution in [0.1, 0.15) is 27.2 Å². The van der Waals surface area contributed by atoms with Crippen LogP contribution < -0.4 is 5.32 Å². The average Bonchev–Trinajstić information content (AvgIpc) is 2.58. The molecule has 0 aromatic heterocycles. The second-order valence-corrected chi connectivity index (χ2v) is 5.14. The Balaban J connectivity index is 2.92. The van der Waals surface area contributed by atoms with Gasteiger partial charge in [-0.05, 0) is 20.8 Å². The zero-order valence-electron chi connectivity index (χ0n) is 10.6. The quantitative estimate of drug-likeness (QED) is 0.508. The molecule has 0 spiro atoms. The molecule has 0 saturated carbocycles. The van der Waals surface area contributed by atoms with Crippen LogP contribution >= 0.6 is 0 Å². The SMILES string of the molecule is COC(=O)[C@]1(C(=O)OC(C)(C)C)C[C@@H](O)CN1. The second-order valence-electron chi connectivity index (χ2n) is 5.14. The number of β-amino-alcohol motifs (C(OH)–C–C–N with tert-alkyl or cyclic N) is 1. The van der Waals surface area contributed by atoms with Crippen LogP contribution in [-0.2, 0) is 19.1 Å². The highest BCUT2D eigenvalue weighted by Crippen LogP contribution is 2.25. The molecule has 1 fully saturated rings. The van der Waals surface area contributed by atoms with Crippen LogP contribution in [0.2, 0.25) is 0 Å². The lowest BCUT2D eigenvalue weighted by Crippen LogP contribution is -2.57. The van der Waals surface area contributed by atoms with E-state index in [4.69, 9.17) is 4.74 Å². The third kappa shape index (κ3) is 2.95. The fraction of sp³-hybridized carbons (Fsp3) is 0.818. The number of ether oxygens (including phenoxy) is 2. The van der Waals surface area contributed by atoms with E-state index in [1.54, 1.807) is 20.8 Å². The molecule has 1 aliphatic heterocycles. The van der Waals surface area contributed by atoms with Crippen molar-refractivity contribution in [2.24, 2.45) is 0 Å². The van der Waals surface area contributed by atoms with Crippen LogP contribution in [0.15, 0.2) is 0 Å². The fourth-order valence-electron chi connectivity index (χ4n) is 1.72. The first-order valence-corrected chi connectivity index (χ1v) is 5.46. The number of nitrogens with one attached hydrogen (secondary N) is 1. The molecular weight excluding hydrogens is 226 g/mol. The van der Waals surface area contributed by atoms with Gasteiger partial charge in [-0.3, -0.25) is 5.32 Å². The molecule has 2 atom stereocenters. The van der Waals surface area contributed by atoms with E-state index >= 15 is 0 Å². The van der Waals surface area contributed by atoms with Crippen molar-refractivity contribution in [3.63, 3.8) is 0 Å². The molecule has 0 aliphatic carbocycles. The molecule has 98 valence electrons. The van der Waals surface area contributed by atoms with Gasteiger partial charge < -0.3 is 14.6 Å². The molecule has 2 N–H and O–H groups in total. The Labute approximate surface area is 100 Å². The van der Waals surface area contributed by atoms with Gasteiger partial charge in [-0.2, -0.15) is 0 Å². The maximum atomic E-state index is 12.0. The molecule has 0 amide bonds. The van der Waals surface area contributed by atoms with Gasteiger partial charge in [-0.15, -0.1) is 0 Å². The summed E-state index contributed by atoms with van der Waals surface area (Å²) in [6, 6.07) is 0. The predicted octanol–water partition coefficient (Wildman–Crippen LogP) is -0.406. The van der Waals surface area contributed by atoms with Crippen LogP contribution in [0.3, 0.4) is 0 Å². The van der Waals surface area contributed by atoms with E-state index < -0.39 is 29.2 Å². The summed E-state index contributed by atoms with van der Waals surface area (Å²) in [5, 5.41) is 12.2. The Morgan fingerprint density at radius 3 is 2.29 bits per heavy atom. The van der Waals surface area contributed by atoms with Gasteiger partial charge in [0.2, 0.25) is 5.54 Å². The minimum atomic E-state index is -1.58. The van der Waals surface area contributed by atoms with Gasteiger partial charge in [0.15, 0.2) is 0 Å². The van der Waals surface area contributed by atoms with Crippen molar-refractivity contribution < 1.29 is 24.2 Å². The Kier molecular flexibility index (Phi) is 3.78. The van der Waals surface area contributed by atoms with Crippen LogP contribution in [-0.4, -0.2) is 47.9 Å². The minimum absolute atomic E-state index is 0.0331. The van der Waals surface area contributed by atoms with E-state index in [1.165, 1.54) is 7.11 Å². The number of carbonyl (C=O) groups is 2. The molecule has 0 unspecified atom stereocenters. The molecule has 0 bridgehead atoms. The highest BCUT2D eigenvalue weighted by atomic mass is 16.6. The molecule has 1 aliphatic rings. The standard InChI is InChI=1S/C11H19NO5/c1-10(2,3)17-9(15)11(8(14)16-4)5-7(13)6-12-11/h7,12-13H,5-6H2,1-4H3/t7-,11+/m1/s1. The van der Waals surface area contributed by atoms with E-state index in [2.05, 4.69) is 10.1 Å². The lowest BCUT2D eigenvalue weighted by molar-refractivity contribution is -0.172. The Hall–Kier alpha value is -1.14. The average molecular weight is 245 g/mol. The summed E-state index contributed by atoms with van der Waals surface area (Å²) in [5.74, 6) is -1.45. The van der Waals surface area contributed by atoms with Gasteiger partial charge in [0.05, 0.1) is 13.2 Å². The Morgan fingerprint density at radius 2 is 1.94 bits per heavy atom. The first kappa shape index (κ1) is 13.9. The van der Waals surface area contributed by atoms with Crippen molar-refractivity contribution >= 4 is 11.9 Å². The topological polar surface area (TPSA) is 84.9 Å². The number of esters is 2. The molecule has 0 aromatic rings. The summed E-state index contributed by atoms with van der Waals surface area (Å²) in [7, 11) is 1.20. The van der Waals surface area contributed by atoms with E-state index in [0.29, 0.717) is 0 Å². The number of aliphatic hydroxyl groups excluding tert-OH is 1. The van der Waals surface area contributed by atoms with Crippen LogP contribution in [0.25, 0.3) is 0 Å². The first-order valence-electron chi connectivity index (χ1n) is 5.46. The molecule has 6 heteroatoms. The van der Waals surface area contributed by atoms with Crippen molar-refractivity contribution in [2.45, 2.75) is 44.4 Å². The van der Waals surface area contributed by atoms with Gasteiger partial charge >= 0.3 is 11.9 Å². The van der Waals surface area contributed by atoms with Crippen molar-refractivity contribution in [1.82, 2.24) is 5.32 Å². The summed E-state index contributed by atoms with van der Waals surface area (Å²) in [5.41, 5.74) is -2.28. The van der Waals surface area contributed by atoms with Crippen molar-refractivity contribution in [1.29, 1.82) is 0 Å². The number of carbonyl (C=O) groups excluding carboxylic acids is 2. The number of hydrogen-bond acceptors (Lipinski definition) is 6. The predicted molar refractivity (Wildman–Crippen MR) is 59.2 cm³/mol. The normalized spacial score (nSPS) is 28.9. The third-order valence-electron chi connectivity index (χ3n) is 2.46. The summed E-state index contributed by atoms with van der Waals surface area (Å²) in [4.78, 5) is 23.7. The molecule has 1 rings (SSSR count). The van der Waals surface area contributed by atoms with E-state index in [9.17, 15) is 14.7 Å². The van der Waals surface area contributed by atoms with Gasteiger partial charge in [-0.1, -0.05) is 0 Å². The largest absolute Gasteiger partial charge is 0.467 e. The second kappa shape index (κ2) is 4.62. The van der Waals surface area contributed by atoms with Gasteiger partial charge in [0, 0.05) is 13.0 Å². The van der Waals surface area contributed by atoms with Crippen molar-refractivity contribution in [3.05, 3.63) is 0 Å². The highest BCUT2D eigenvalue weighted by Gasteiger charge is 2.54. The summed E-state index contributed by atoms with van der Waals surface area (Å²) in [6.45, 7) is 5.29. The molecule has 6 nitrogen and oxygen atoms in total. The maximum absolute atomic E-state index is 12.0. The highest BCUT2D eigenvalue weighted by molar-refractivity contribution is 6.05. The number of hydrogen-bond donors (Lipinski definition) is 2. The van der Waals surface area contributed by atoms with Gasteiger partial charge in [0.1, 0.15) is 5.60 Å². The summed E-state index contributed by atoms with van der Waals surface area (Å²) >= 11 is 0. The Bertz CT molecular complexity index is 322. The molecule has 1 saturated heterocycles. The molecule has 17 heavy (non-hydrogen) atoms. The molecule has 1 heterocycles. The monoisotopic (exact) mass is 245 g/mol. The maximum Gasteiger partial charge on any atom is 0.338 e. The van der Waals surface area contributed by atoms with Gasteiger partial charge in [-0.25, -0.2) is 9.59 Å². The van der Waals surface area contributed by atoms with Gasteiger partial charge in [0.25, 0.3) is 0 Å². The molecule has 0 aromatic carbocycles.